The Bertz CT molecular complexity index is 521. The van der Waals surface area contributed by atoms with E-state index in [1.165, 1.54) is 6.07 Å². The maximum Gasteiger partial charge on any atom is 0.149 e. The van der Waals surface area contributed by atoms with Crippen molar-refractivity contribution in [1.29, 1.82) is 0 Å². The highest BCUT2D eigenvalue weighted by atomic mass is 79.9. The molecule has 0 saturated carbocycles. The van der Waals surface area contributed by atoms with Crippen molar-refractivity contribution in [3.05, 3.63) is 51.9 Å². The Hall–Kier alpha value is -1.62. The van der Waals surface area contributed by atoms with Gasteiger partial charge in [-0.05, 0) is 37.3 Å². The van der Waals surface area contributed by atoms with Gasteiger partial charge in [-0.15, -0.1) is 0 Å². The normalized spacial score (nSPS) is 10.4. The van der Waals surface area contributed by atoms with Crippen LogP contribution < -0.4 is 11.1 Å². The monoisotopic (exact) mass is 309 g/mol. The number of nitrogens with zero attached hydrogens (tertiary/aromatic N) is 1. The average Bonchev–Trinajstić information content (AvgIpc) is 2.34. The lowest BCUT2D eigenvalue weighted by Crippen LogP contribution is -2.06. The number of anilines is 2. The molecule has 0 aliphatic rings. The number of nitrogens with one attached hydrogen (secondary N) is 1. The molecule has 0 bridgehead atoms. The zero-order valence-corrected chi connectivity index (χ0v) is 11.5. The first-order valence-electron chi connectivity index (χ1n) is 5.47. The summed E-state index contributed by atoms with van der Waals surface area (Å²) >= 11 is 3.31. The van der Waals surface area contributed by atoms with E-state index in [-0.39, 0.29) is 5.82 Å². The molecule has 0 aliphatic carbocycles. The molecule has 0 radical (unpaired) electrons. The molecule has 1 heterocycles. The summed E-state index contributed by atoms with van der Waals surface area (Å²) in [7, 11) is 0. The third-order valence-corrected chi connectivity index (χ3v) is 3.01. The summed E-state index contributed by atoms with van der Waals surface area (Å²) in [6.07, 6.45) is 0. The number of aryl methyl sites for hydroxylation is 1. The Morgan fingerprint density at radius 3 is 2.89 bits per heavy atom. The lowest BCUT2D eigenvalue weighted by molar-refractivity contribution is 0.612. The number of pyridine rings is 1. The van der Waals surface area contributed by atoms with E-state index in [4.69, 9.17) is 5.73 Å². The second kappa shape index (κ2) is 5.35. The largest absolute Gasteiger partial charge is 0.396 e. The number of aromatic nitrogens is 1. The summed E-state index contributed by atoms with van der Waals surface area (Å²) in [4.78, 5) is 4.27. The van der Waals surface area contributed by atoms with Crippen LogP contribution in [0.15, 0.2) is 34.8 Å². The third kappa shape index (κ3) is 2.98. The number of rotatable bonds is 3. The molecule has 94 valence electrons. The second-order valence-electron chi connectivity index (χ2n) is 3.98. The van der Waals surface area contributed by atoms with Crippen molar-refractivity contribution in [2.75, 3.05) is 11.1 Å². The van der Waals surface area contributed by atoms with E-state index >= 15 is 0 Å². The molecule has 0 saturated heterocycles. The molecule has 5 heteroatoms. The second-order valence-corrected chi connectivity index (χ2v) is 4.90. The van der Waals surface area contributed by atoms with Crippen molar-refractivity contribution in [2.24, 2.45) is 0 Å². The molecule has 0 aliphatic heterocycles. The Morgan fingerprint density at radius 2 is 2.11 bits per heavy atom. The Morgan fingerprint density at radius 1 is 1.33 bits per heavy atom. The molecule has 2 aromatic rings. The fraction of sp³-hybridized carbons (Fsp3) is 0.154. The number of hydrogen-bond acceptors (Lipinski definition) is 3. The molecule has 0 atom stereocenters. The number of benzene rings is 1. The topological polar surface area (TPSA) is 50.9 Å². The summed E-state index contributed by atoms with van der Waals surface area (Å²) < 4.78 is 14.4. The summed E-state index contributed by atoms with van der Waals surface area (Å²) in [5.74, 6) is 0.325. The summed E-state index contributed by atoms with van der Waals surface area (Å²) in [6.45, 7) is 2.22. The van der Waals surface area contributed by atoms with Crippen LogP contribution in [0.1, 0.15) is 11.3 Å². The quantitative estimate of drug-likeness (QED) is 0.912. The molecular formula is C13H13BrFN3. The van der Waals surface area contributed by atoms with Crippen LogP contribution in [0, 0.1) is 12.7 Å². The smallest absolute Gasteiger partial charge is 0.149 e. The molecule has 0 fully saturated rings. The Labute approximate surface area is 113 Å². The van der Waals surface area contributed by atoms with Crippen molar-refractivity contribution in [3.63, 3.8) is 0 Å². The zero-order valence-electron chi connectivity index (χ0n) is 9.87. The van der Waals surface area contributed by atoms with Gasteiger partial charge < -0.3 is 11.1 Å². The number of nitrogen functional groups attached to an aromatic ring is 1. The first kappa shape index (κ1) is 12.8. The van der Waals surface area contributed by atoms with Crippen LogP contribution in [0.2, 0.25) is 0 Å². The van der Waals surface area contributed by atoms with E-state index in [0.717, 1.165) is 10.2 Å². The van der Waals surface area contributed by atoms with Gasteiger partial charge in [-0.1, -0.05) is 15.9 Å². The molecule has 0 unspecified atom stereocenters. The summed E-state index contributed by atoms with van der Waals surface area (Å²) in [5.41, 5.74) is 7.77. The first-order chi connectivity index (χ1) is 8.56. The van der Waals surface area contributed by atoms with E-state index in [2.05, 4.69) is 26.2 Å². The van der Waals surface area contributed by atoms with Crippen LogP contribution in [-0.2, 0) is 6.54 Å². The Kier molecular flexibility index (Phi) is 3.81. The van der Waals surface area contributed by atoms with Crippen molar-refractivity contribution in [3.8, 4) is 0 Å². The van der Waals surface area contributed by atoms with Gasteiger partial charge in [0.2, 0.25) is 0 Å². The van der Waals surface area contributed by atoms with E-state index in [9.17, 15) is 4.39 Å². The van der Waals surface area contributed by atoms with E-state index < -0.39 is 0 Å². The molecular weight excluding hydrogens is 297 g/mol. The summed E-state index contributed by atoms with van der Waals surface area (Å²) in [5, 5.41) is 3.04. The number of halogens is 2. The van der Waals surface area contributed by atoms with Gasteiger partial charge in [-0.3, -0.25) is 0 Å². The first-order valence-corrected chi connectivity index (χ1v) is 6.26. The van der Waals surface area contributed by atoms with Gasteiger partial charge in [0.05, 0.1) is 5.69 Å². The minimum Gasteiger partial charge on any atom is -0.396 e. The van der Waals surface area contributed by atoms with E-state index in [1.54, 1.807) is 18.2 Å². The predicted molar refractivity (Wildman–Crippen MR) is 74.8 cm³/mol. The molecule has 1 aromatic heterocycles. The van der Waals surface area contributed by atoms with E-state index in [1.807, 2.05) is 13.0 Å². The van der Waals surface area contributed by atoms with Gasteiger partial charge in [0.25, 0.3) is 0 Å². The average molecular weight is 310 g/mol. The summed E-state index contributed by atoms with van der Waals surface area (Å²) in [6, 6.07) is 8.43. The van der Waals surface area contributed by atoms with Gasteiger partial charge in [0, 0.05) is 22.3 Å². The van der Waals surface area contributed by atoms with Crippen molar-refractivity contribution in [2.45, 2.75) is 13.5 Å². The minimum atomic E-state index is -0.253. The van der Waals surface area contributed by atoms with Crippen LogP contribution in [0.25, 0.3) is 0 Å². The highest BCUT2D eigenvalue weighted by Gasteiger charge is 2.05. The molecule has 0 spiro atoms. The van der Waals surface area contributed by atoms with Crippen LogP contribution in [0.3, 0.4) is 0 Å². The highest BCUT2D eigenvalue weighted by molar-refractivity contribution is 9.10. The van der Waals surface area contributed by atoms with Crippen molar-refractivity contribution >= 4 is 27.4 Å². The van der Waals surface area contributed by atoms with Gasteiger partial charge in [0.1, 0.15) is 11.6 Å². The molecule has 2 rings (SSSR count). The van der Waals surface area contributed by atoms with Crippen LogP contribution in [0.5, 0.6) is 0 Å². The maximum absolute atomic E-state index is 13.5. The fourth-order valence-electron chi connectivity index (χ4n) is 1.57. The number of nitrogens with two attached hydrogens (primary N) is 1. The van der Waals surface area contributed by atoms with Crippen LogP contribution in [-0.4, -0.2) is 4.98 Å². The van der Waals surface area contributed by atoms with Crippen molar-refractivity contribution in [1.82, 2.24) is 4.98 Å². The van der Waals surface area contributed by atoms with Gasteiger partial charge in [-0.25, -0.2) is 9.37 Å². The van der Waals surface area contributed by atoms with E-state index in [0.29, 0.717) is 23.6 Å². The lowest BCUT2D eigenvalue weighted by Gasteiger charge is -2.10. The Balaban J connectivity index is 2.16. The molecule has 18 heavy (non-hydrogen) atoms. The minimum absolute atomic E-state index is 0.253. The van der Waals surface area contributed by atoms with Crippen LogP contribution >= 0.6 is 15.9 Å². The SMILES string of the molecule is Cc1ccc(N)c(NCc2cc(Br)ccc2F)n1. The molecule has 3 nitrogen and oxygen atoms in total. The van der Waals surface area contributed by atoms with Crippen LogP contribution in [0.4, 0.5) is 15.9 Å². The standard InChI is InChI=1S/C13H13BrFN3/c1-8-2-5-12(16)13(18-8)17-7-9-6-10(14)3-4-11(9)15/h2-6H,7,16H2,1H3,(H,17,18). The maximum atomic E-state index is 13.5. The fourth-order valence-corrected chi connectivity index (χ4v) is 1.98. The van der Waals surface area contributed by atoms with Gasteiger partial charge in [0.15, 0.2) is 0 Å². The molecule has 1 aromatic carbocycles. The van der Waals surface area contributed by atoms with Gasteiger partial charge in [-0.2, -0.15) is 0 Å². The third-order valence-electron chi connectivity index (χ3n) is 2.52. The van der Waals surface area contributed by atoms with Crippen molar-refractivity contribution < 1.29 is 4.39 Å². The molecule has 0 amide bonds. The lowest BCUT2D eigenvalue weighted by atomic mass is 10.2. The number of hydrogen-bond donors (Lipinski definition) is 2. The highest BCUT2D eigenvalue weighted by Crippen LogP contribution is 2.19. The van der Waals surface area contributed by atoms with Gasteiger partial charge >= 0.3 is 0 Å². The zero-order chi connectivity index (χ0) is 13.1. The predicted octanol–water partition coefficient (Wildman–Crippen LogP) is 3.49. The molecule has 3 N–H and O–H groups in total.